The summed E-state index contributed by atoms with van der Waals surface area (Å²) >= 11 is 7.80. The first-order valence-corrected chi connectivity index (χ1v) is 8.95. The first kappa shape index (κ1) is 17.0. The van der Waals surface area contributed by atoms with Crippen molar-refractivity contribution in [3.8, 4) is 11.5 Å². The van der Waals surface area contributed by atoms with Gasteiger partial charge in [-0.15, -0.1) is 0 Å². The van der Waals surface area contributed by atoms with Gasteiger partial charge in [-0.25, -0.2) is 0 Å². The SMILES string of the molecule is CC(=O)Oc1cc(I)c(OCc2cccc(Br)c2)c(I)c1. The summed E-state index contributed by atoms with van der Waals surface area (Å²) in [5.74, 6) is 1.00. The molecule has 0 fully saturated rings. The van der Waals surface area contributed by atoms with Crippen LogP contribution in [-0.2, 0) is 11.4 Å². The van der Waals surface area contributed by atoms with E-state index in [2.05, 4.69) is 61.1 Å². The molecule has 0 amide bonds. The molecule has 3 nitrogen and oxygen atoms in total. The average molecular weight is 573 g/mol. The van der Waals surface area contributed by atoms with E-state index in [1.807, 2.05) is 24.3 Å². The van der Waals surface area contributed by atoms with Crippen LogP contribution in [0.3, 0.4) is 0 Å². The van der Waals surface area contributed by atoms with E-state index in [1.165, 1.54) is 6.92 Å². The zero-order valence-corrected chi connectivity index (χ0v) is 16.9. The Morgan fingerprint density at radius 2 is 1.86 bits per heavy atom. The maximum atomic E-state index is 11.0. The standard InChI is InChI=1S/C15H11BrI2O3/c1-9(19)21-12-6-13(17)15(14(18)7-12)20-8-10-3-2-4-11(16)5-10/h2-7H,8H2,1H3. The van der Waals surface area contributed by atoms with E-state index < -0.39 is 0 Å². The van der Waals surface area contributed by atoms with Crippen molar-refractivity contribution in [2.45, 2.75) is 13.5 Å². The molecule has 21 heavy (non-hydrogen) atoms. The lowest BCUT2D eigenvalue weighted by atomic mass is 10.2. The Morgan fingerprint density at radius 3 is 2.43 bits per heavy atom. The highest BCUT2D eigenvalue weighted by molar-refractivity contribution is 14.1. The molecule has 110 valence electrons. The Labute approximate surface area is 158 Å². The van der Waals surface area contributed by atoms with Gasteiger partial charge >= 0.3 is 5.97 Å². The third kappa shape index (κ3) is 5.10. The second-order valence-corrected chi connectivity index (χ2v) is 7.47. The van der Waals surface area contributed by atoms with E-state index in [0.29, 0.717) is 12.4 Å². The number of hydrogen-bond acceptors (Lipinski definition) is 3. The zero-order chi connectivity index (χ0) is 15.4. The van der Waals surface area contributed by atoms with Gasteiger partial charge in [0.25, 0.3) is 0 Å². The van der Waals surface area contributed by atoms with E-state index in [1.54, 1.807) is 12.1 Å². The quantitative estimate of drug-likeness (QED) is 0.288. The summed E-state index contributed by atoms with van der Waals surface area (Å²) in [7, 11) is 0. The first-order chi connectivity index (χ1) is 9.95. The van der Waals surface area contributed by atoms with Gasteiger partial charge in [0.1, 0.15) is 18.1 Å². The molecule has 0 heterocycles. The third-order valence-electron chi connectivity index (χ3n) is 2.51. The molecule has 2 rings (SSSR count). The lowest BCUT2D eigenvalue weighted by molar-refractivity contribution is -0.131. The second-order valence-electron chi connectivity index (χ2n) is 4.23. The van der Waals surface area contributed by atoms with Crippen LogP contribution in [0.25, 0.3) is 0 Å². The molecule has 0 aliphatic heterocycles. The molecule has 0 radical (unpaired) electrons. The molecule has 0 saturated heterocycles. The number of rotatable bonds is 4. The highest BCUT2D eigenvalue weighted by atomic mass is 127. The molecule has 0 aromatic heterocycles. The van der Waals surface area contributed by atoms with Gasteiger partial charge in [-0.05, 0) is 75.0 Å². The highest BCUT2D eigenvalue weighted by Gasteiger charge is 2.11. The van der Waals surface area contributed by atoms with Crippen molar-refractivity contribution in [1.29, 1.82) is 0 Å². The number of esters is 1. The van der Waals surface area contributed by atoms with Crippen LogP contribution < -0.4 is 9.47 Å². The minimum atomic E-state index is -0.329. The van der Waals surface area contributed by atoms with Crippen molar-refractivity contribution >= 4 is 67.1 Å². The predicted molar refractivity (Wildman–Crippen MR) is 102 cm³/mol. The van der Waals surface area contributed by atoms with Gasteiger partial charge in [0.2, 0.25) is 0 Å². The second kappa shape index (κ2) is 7.77. The smallest absolute Gasteiger partial charge is 0.308 e. The fourth-order valence-corrected chi connectivity index (χ4v) is 4.15. The van der Waals surface area contributed by atoms with Crippen LogP contribution >= 0.6 is 61.1 Å². The van der Waals surface area contributed by atoms with Crippen LogP contribution in [0, 0.1) is 7.14 Å². The molecular formula is C15H11BrI2O3. The molecule has 2 aromatic rings. The van der Waals surface area contributed by atoms with Crippen LogP contribution in [-0.4, -0.2) is 5.97 Å². The van der Waals surface area contributed by atoms with E-state index in [4.69, 9.17) is 9.47 Å². The van der Waals surface area contributed by atoms with Gasteiger partial charge in [0.15, 0.2) is 0 Å². The molecule has 0 aliphatic rings. The monoisotopic (exact) mass is 572 g/mol. The fourth-order valence-electron chi connectivity index (χ4n) is 1.68. The molecule has 0 unspecified atom stereocenters. The van der Waals surface area contributed by atoms with Crippen molar-refractivity contribution in [2.75, 3.05) is 0 Å². The highest BCUT2D eigenvalue weighted by Crippen LogP contribution is 2.32. The zero-order valence-electron chi connectivity index (χ0n) is 11.0. The Kier molecular flexibility index (Phi) is 6.30. The van der Waals surface area contributed by atoms with Gasteiger partial charge in [-0.1, -0.05) is 28.1 Å². The lowest BCUT2D eigenvalue weighted by Crippen LogP contribution is -2.04. The molecule has 2 aromatic carbocycles. The minimum absolute atomic E-state index is 0.329. The summed E-state index contributed by atoms with van der Waals surface area (Å²) in [5, 5.41) is 0. The summed E-state index contributed by atoms with van der Waals surface area (Å²) in [6, 6.07) is 11.6. The molecule has 0 saturated carbocycles. The number of halogens is 3. The Bertz CT molecular complexity index is 651. The van der Waals surface area contributed by atoms with Gasteiger partial charge < -0.3 is 9.47 Å². The van der Waals surface area contributed by atoms with Crippen molar-refractivity contribution in [3.63, 3.8) is 0 Å². The number of benzene rings is 2. The molecule has 0 aliphatic carbocycles. The van der Waals surface area contributed by atoms with Gasteiger partial charge in [-0.3, -0.25) is 4.79 Å². The number of hydrogen-bond donors (Lipinski definition) is 0. The van der Waals surface area contributed by atoms with E-state index in [9.17, 15) is 4.79 Å². The number of ether oxygens (including phenoxy) is 2. The van der Waals surface area contributed by atoms with Gasteiger partial charge in [0.05, 0.1) is 7.14 Å². The van der Waals surface area contributed by atoms with Crippen LogP contribution in [0.5, 0.6) is 11.5 Å². The van der Waals surface area contributed by atoms with E-state index in [-0.39, 0.29) is 5.97 Å². The van der Waals surface area contributed by atoms with Crippen LogP contribution in [0.2, 0.25) is 0 Å². The van der Waals surface area contributed by atoms with Crippen molar-refractivity contribution in [1.82, 2.24) is 0 Å². The summed E-state index contributed by atoms with van der Waals surface area (Å²) in [6.07, 6.45) is 0. The lowest BCUT2D eigenvalue weighted by Gasteiger charge is -2.12. The van der Waals surface area contributed by atoms with E-state index >= 15 is 0 Å². The van der Waals surface area contributed by atoms with Crippen LogP contribution in [0.4, 0.5) is 0 Å². The summed E-state index contributed by atoms with van der Waals surface area (Å²) in [6.45, 7) is 1.87. The predicted octanol–water partition coefficient (Wildman–Crippen LogP) is 5.16. The topological polar surface area (TPSA) is 35.5 Å². The molecular weight excluding hydrogens is 562 g/mol. The number of carbonyl (C=O) groups is 1. The summed E-state index contributed by atoms with van der Waals surface area (Å²) < 4.78 is 13.8. The maximum Gasteiger partial charge on any atom is 0.308 e. The van der Waals surface area contributed by atoms with Gasteiger partial charge in [0, 0.05) is 11.4 Å². The van der Waals surface area contributed by atoms with Crippen LogP contribution in [0.15, 0.2) is 40.9 Å². The normalized spacial score (nSPS) is 10.3. The Hall–Kier alpha value is -0.350. The van der Waals surface area contributed by atoms with Crippen molar-refractivity contribution in [2.24, 2.45) is 0 Å². The minimum Gasteiger partial charge on any atom is -0.487 e. The first-order valence-electron chi connectivity index (χ1n) is 6.00. The Morgan fingerprint density at radius 1 is 1.19 bits per heavy atom. The average Bonchev–Trinajstić information content (AvgIpc) is 2.37. The van der Waals surface area contributed by atoms with E-state index in [0.717, 1.165) is 22.9 Å². The van der Waals surface area contributed by atoms with Gasteiger partial charge in [-0.2, -0.15) is 0 Å². The molecule has 6 heteroatoms. The molecule has 0 N–H and O–H groups in total. The maximum absolute atomic E-state index is 11.0. The Balaban J connectivity index is 2.15. The van der Waals surface area contributed by atoms with Crippen LogP contribution in [0.1, 0.15) is 12.5 Å². The third-order valence-corrected chi connectivity index (χ3v) is 4.60. The molecule has 0 bridgehead atoms. The molecule has 0 atom stereocenters. The number of carbonyl (C=O) groups excluding carboxylic acids is 1. The fraction of sp³-hybridized carbons (Fsp3) is 0.133. The summed E-state index contributed by atoms with van der Waals surface area (Å²) in [4.78, 5) is 11.0. The van der Waals surface area contributed by atoms with Crippen molar-refractivity contribution < 1.29 is 14.3 Å². The largest absolute Gasteiger partial charge is 0.487 e. The summed E-state index contributed by atoms with van der Waals surface area (Å²) in [5.41, 5.74) is 1.08. The molecule has 0 spiro atoms. The van der Waals surface area contributed by atoms with Crippen molar-refractivity contribution in [3.05, 3.63) is 53.6 Å².